The van der Waals surface area contributed by atoms with Crippen LogP contribution in [0.25, 0.3) is 0 Å². The lowest BCUT2D eigenvalue weighted by Crippen LogP contribution is -2.18. The molecule has 2 rings (SSSR count). The first-order chi connectivity index (χ1) is 8.81. The molecule has 0 saturated carbocycles. The van der Waals surface area contributed by atoms with Crippen LogP contribution in [-0.4, -0.2) is 28.4 Å². The monoisotopic (exact) mass is 244 g/mol. The number of benzene rings is 1. The van der Waals surface area contributed by atoms with Gasteiger partial charge in [-0.15, -0.1) is 0 Å². The smallest absolute Gasteiger partial charge is 0.138 e. The first-order valence-corrected chi connectivity index (χ1v) is 6.33. The van der Waals surface area contributed by atoms with Gasteiger partial charge in [-0.25, -0.2) is 4.98 Å². The van der Waals surface area contributed by atoms with E-state index in [4.69, 9.17) is 0 Å². The SMILES string of the molecule is CNCC(CCc1ncnn1C)c1ccccc1. The highest BCUT2D eigenvalue weighted by Gasteiger charge is 2.12. The van der Waals surface area contributed by atoms with Gasteiger partial charge in [-0.2, -0.15) is 5.10 Å². The summed E-state index contributed by atoms with van der Waals surface area (Å²) in [6, 6.07) is 10.6. The van der Waals surface area contributed by atoms with Gasteiger partial charge in [0.25, 0.3) is 0 Å². The van der Waals surface area contributed by atoms with Crippen LogP contribution in [0.2, 0.25) is 0 Å². The average molecular weight is 244 g/mol. The Labute approximate surface area is 108 Å². The molecule has 18 heavy (non-hydrogen) atoms. The van der Waals surface area contributed by atoms with Crippen LogP contribution in [0.3, 0.4) is 0 Å². The highest BCUT2D eigenvalue weighted by atomic mass is 15.3. The van der Waals surface area contributed by atoms with E-state index < -0.39 is 0 Å². The maximum atomic E-state index is 4.27. The average Bonchev–Trinajstić information content (AvgIpc) is 2.81. The van der Waals surface area contributed by atoms with Crippen molar-refractivity contribution in [2.24, 2.45) is 7.05 Å². The van der Waals surface area contributed by atoms with Crippen molar-refractivity contribution in [2.45, 2.75) is 18.8 Å². The lowest BCUT2D eigenvalue weighted by atomic mass is 9.94. The summed E-state index contributed by atoms with van der Waals surface area (Å²) in [5.41, 5.74) is 1.38. The third-order valence-corrected chi connectivity index (χ3v) is 3.24. The Hall–Kier alpha value is -1.68. The van der Waals surface area contributed by atoms with E-state index in [0.717, 1.165) is 25.2 Å². The summed E-state index contributed by atoms with van der Waals surface area (Å²) in [5, 5.41) is 7.37. The standard InChI is InChI=1S/C14H20N4/c1-15-10-13(12-6-4-3-5-7-12)8-9-14-16-11-17-18(14)2/h3-7,11,13,15H,8-10H2,1-2H3. The molecule has 1 unspecified atom stereocenters. The Morgan fingerprint density at radius 1 is 1.28 bits per heavy atom. The third-order valence-electron chi connectivity index (χ3n) is 3.24. The largest absolute Gasteiger partial charge is 0.319 e. The molecule has 1 N–H and O–H groups in total. The summed E-state index contributed by atoms with van der Waals surface area (Å²) in [5.74, 6) is 1.57. The summed E-state index contributed by atoms with van der Waals surface area (Å²) < 4.78 is 1.85. The molecule has 1 heterocycles. The molecule has 0 aliphatic heterocycles. The maximum absolute atomic E-state index is 4.27. The molecule has 96 valence electrons. The molecule has 0 spiro atoms. The number of likely N-dealkylation sites (N-methyl/N-ethyl adjacent to an activating group) is 1. The van der Waals surface area contributed by atoms with Gasteiger partial charge in [-0.3, -0.25) is 4.68 Å². The fourth-order valence-corrected chi connectivity index (χ4v) is 2.21. The van der Waals surface area contributed by atoms with E-state index in [-0.39, 0.29) is 0 Å². The second kappa shape index (κ2) is 6.31. The lowest BCUT2D eigenvalue weighted by molar-refractivity contribution is 0.562. The van der Waals surface area contributed by atoms with Crippen LogP contribution in [0.5, 0.6) is 0 Å². The molecular formula is C14H20N4. The van der Waals surface area contributed by atoms with Crippen molar-refractivity contribution in [2.75, 3.05) is 13.6 Å². The molecule has 4 nitrogen and oxygen atoms in total. The molecule has 1 aromatic carbocycles. The molecule has 1 aromatic heterocycles. The number of nitrogens with zero attached hydrogens (tertiary/aromatic N) is 3. The van der Waals surface area contributed by atoms with Crippen LogP contribution < -0.4 is 5.32 Å². The third kappa shape index (κ3) is 3.17. The number of hydrogen-bond donors (Lipinski definition) is 1. The van der Waals surface area contributed by atoms with Gasteiger partial charge in [0.15, 0.2) is 0 Å². The van der Waals surface area contributed by atoms with E-state index in [2.05, 4.69) is 45.7 Å². The molecule has 0 fully saturated rings. The quantitative estimate of drug-likeness (QED) is 0.842. The summed E-state index contributed by atoms with van der Waals surface area (Å²) in [4.78, 5) is 4.27. The minimum Gasteiger partial charge on any atom is -0.319 e. The summed E-state index contributed by atoms with van der Waals surface area (Å²) in [7, 11) is 3.94. The fraction of sp³-hybridized carbons (Fsp3) is 0.429. The van der Waals surface area contributed by atoms with Crippen LogP contribution in [0.4, 0.5) is 0 Å². The van der Waals surface area contributed by atoms with Crippen molar-refractivity contribution in [3.63, 3.8) is 0 Å². The Balaban J connectivity index is 2.01. The number of aromatic nitrogens is 3. The Morgan fingerprint density at radius 3 is 2.67 bits per heavy atom. The van der Waals surface area contributed by atoms with Crippen molar-refractivity contribution >= 4 is 0 Å². The van der Waals surface area contributed by atoms with E-state index in [1.807, 2.05) is 18.8 Å². The van der Waals surface area contributed by atoms with E-state index in [1.165, 1.54) is 5.56 Å². The lowest BCUT2D eigenvalue weighted by Gasteiger charge is -2.16. The predicted molar refractivity (Wildman–Crippen MR) is 72.4 cm³/mol. The van der Waals surface area contributed by atoms with Crippen LogP contribution in [0, 0.1) is 0 Å². The minimum atomic E-state index is 0.521. The minimum absolute atomic E-state index is 0.521. The summed E-state index contributed by atoms with van der Waals surface area (Å²) >= 11 is 0. The Bertz CT molecular complexity index is 464. The molecule has 0 radical (unpaired) electrons. The van der Waals surface area contributed by atoms with Crippen molar-refractivity contribution in [1.82, 2.24) is 20.1 Å². The Kier molecular flexibility index (Phi) is 4.47. The first kappa shape index (κ1) is 12.8. The molecule has 0 aliphatic carbocycles. The number of rotatable bonds is 6. The number of hydrogen-bond acceptors (Lipinski definition) is 3. The molecule has 1 atom stereocenters. The molecular weight excluding hydrogens is 224 g/mol. The zero-order valence-electron chi connectivity index (χ0n) is 11.0. The van der Waals surface area contributed by atoms with Gasteiger partial charge < -0.3 is 5.32 Å². The number of aryl methyl sites for hydroxylation is 2. The van der Waals surface area contributed by atoms with Gasteiger partial charge >= 0.3 is 0 Å². The van der Waals surface area contributed by atoms with Gasteiger partial charge in [0.05, 0.1) is 0 Å². The highest BCUT2D eigenvalue weighted by Crippen LogP contribution is 2.20. The van der Waals surface area contributed by atoms with E-state index >= 15 is 0 Å². The van der Waals surface area contributed by atoms with Crippen LogP contribution in [0.15, 0.2) is 36.7 Å². The van der Waals surface area contributed by atoms with Crippen LogP contribution in [-0.2, 0) is 13.5 Å². The van der Waals surface area contributed by atoms with Crippen molar-refractivity contribution in [3.8, 4) is 0 Å². The summed E-state index contributed by atoms with van der Waals surface area (Å²) in [6.07, 6.45) is 3.65. The molecule has 2 aromatic rings. The molecule has 4 heteroatoms. The number of nitrogens with one attached hydrogen (secondary N) is 1. The van der Waals surface area contributed by atoms with Crippen molar-refractivity contribution < 1.29 is 0 Å². The van der Waals surface area contributed by atoms with Crippen LogP contribution in [0.1, 0.15) is 23.7 Å². The zero-order chi connectivity index (χ0) is 12.8. The predicted octanol–water partition coefficient (Wildman–Crippen LogP) is 1.75. The van der Waals surface area contributed by atoms with Crippen molar-refractivity contribution in [3.05, 3.63) is 48.0 Å². The highest BCUT2D eigenvalue weighted by molar-refractivity contribution is 5.20. The molecule has 0 amide bonds. The van der Waals surface area contributed by atoms with Gasteiger partial charge in [-0.1, -0.05) is 30.3 Å². The fourth-order valence-electron chi connectivity index (χ4n) is 2.21. The van der Waals surface area contributed by atoms with Gasteiger partial charge in [0, 0.05) is 20.0 Å². The second-order valence-electron chi connectivity index (χ2n) is 4.50. The summed E-state index contributed by atoms with van der Waals surface area (Å²) in [6.45, 7) is 0.988. The molecule has 0 aliphatic rings. The van der Waals surface area contributed by atoms with Gasteiger partial charge in [0.2, 0.25) is 0 Å². The molecule has 0 saturated heterocycles. The first-order valence-electron chi connectivity index (χ1n) is 6.33. The van der Waals surface area contributed by atoms with E-state index in [1.54, 1.807) is 6.33 Å². The topological polar surface area (TPSA) is 42.7 Å². The van der Waals surface area contributed by atoms with E-state index in [0.29, 0.717) is 5.92 Å². The maximum Gasteiger partial charge on any atom is 0.138 e. The van der Waals surface area contributed by atoms with Crippen LogP contribution >= 0.6 is 0 Å². The zero-order valence-corrected chi connectivity index (χ0v) is 11.0. The van der Waals surface area contributed by atoms with Crippen molar-refractivity contribution in [1.29, 1.82) is 0 Å². The van der Waals surface area contributed by atoms with Gasteiger partial charge in [0.1, 0.15) is 12.2 Å². The van der Waals surface area contributed by atoms with Gasteiger partial charge in [-0.05, 0) is 24.9 Å². The normalized spacial score (nSPS) is 12.6. The second-order valence-corrected chi connectivity index (χ2v) is 4.50. The molecule has 0 bridgehead atoms. The Morgan fingerprint density at radius 2 is 2.06 bits per heavy atom. The van der Waals surface area contributed by atoms with E-state index in [9.17, 15) is 0 Å².